The Bertz CT molecular complexity index is 1210. The molecule has 1 N–H and O–H groups in total. The van der Waals surface area contributed by atoms with Crippen LogP contribution in [0, 0.1) is 12.8 Å². The maximum atomic E-state index is 13.9. The van der Waals surface area contributed by atoms with Gasteiger partial charge >= 0.3 is 0 Å². The number of benzene rings is 2. The number of carbonyl (C=O) groups is 2. The zero-order valence-electron chi connectivity index (χ0n) is 21.0. The van der Waals surface area contributed by atoms with E-state index in [4.69, 9.17) is 0 Å². The van der Waals surface area contributed by atoms with Gasteiger partial charge in [0.1, 0.15) is 11.2 Å². The average molecular weight is 470 g/mol. The SMILES string of the molecule is Cc1ccc(CN2C(=O)c3ccc(-c4ccccc4)n3C[C@@]2(C)C(=O)NC2CCC(C)CC2)cc1. The summed E-state index contributed by atoms with van der Waals surface area (Å²) in [4.78, 5) is 29.6. The van der Waals surface area contributed by atoms with Gasteiger partial charge in [-0.15, -0.1) is 0 Å². The summed E-state index contributed by atoms with van der Waals surface area (Å²) in [6, 6.07) is 22.4. The van der Waals surface area contributed by atoms with Gasteiger partial charge in [-0.05, 0) is 68.7 Å². The van der Waals surface area contributed by atoms with Crippen LogP contribution in [-0.4, -0.2) is 32.9 Å². The van der Waals surface area contributed by atoms with E-state index in [9.17, 15) is 9.59 Å². The van der Waals surface area contributed by atoms with Gasteiger partial charge < -0.3 is 14.8 Å². The maximum absolute atomic E-state index is 13.9. The summed E-state index contributed by atoms with van der Waals surface area (Å²) >= 11 is 0. The van der Waals surface area contributed by atoms with Crippen LogP contribution >= 0.6 is 0 Å². The highest BCUT2D eigenvalue weighted by molar-refractivity contribution is 6.00. The number of hydrogen-bond acceptors (Lipinski definition) is 2. The van der Waals surface area contributed by atoms with Gasteiger partial charge in [0.15, 0.2) is 0 Å². The third-order valence-electron chi connectivity index (χ3n) is 7.88. The number of aromatic nitrogens is 1. The van der Waals surface area contributed by atoms with Gasteiger partial charge in [0.25, 0.3) is 5.91 Å². The second-order valence-corrected chi connectivity index (χ2v) is 10.6. The summed E-state index contributed by atoms with van der Waals surface area (Å²) in [5, 5.41) is 3.33. The molecular weight excluding hydrogens is 434 g/mol. The monoisotopic (exact) mass is 469 g/mol. The first-order valence-corrected chi connectivity index (χ1v) is 12.8. The minimum atomic E-state index is -0.999. The Labute approximate surface area is 208 Å². The minimum Gasteiger partial charge on any atom is -0.351 e. The zero-order valence-corrected chi connectivity index (χ0v) is 21.0. The van der Waals surface area contributed by atoms with Crippen LogP contribution in [0.2, 0.25) is 0 Å². The fourth-order valence-corrected chi connectivity index (χ4v) is 5.50. The number of fused-ring (bicyclic) bond motifs is 1. The summed E-state index contributed by atoms with van der Waals surface area (Å²) in [5.74, 6) is 0.550. The molecule has 0 bridgehead atoms. The maximum Gasteiger partial charge on any atom is 0.271 e. The van der Waals surface area contributed by atoms with E-state index in [-0.39, 0.29) is 17.9 Å². The first-order valence-electron chi connectivity index (χ1n) is 12.8. The number of nitrogens with one attached hydrogen (secondary N) is 1. The molecule has 35 heavy (non-hydrogen) atoms. The average Bonchev–Trinajstić information content (AvgIpc) is 3.28. The van der Waals surface area contributed by atoms with Gasteiger partial charge in [0.2, 0.25) is 5.91 Å². The van der Waals surface area contributed by atoms with Crippen molar-refractivity contribution in [3.05, 3.63) is 83.6 Å². The molecule has 1 aliphatic carbocycles. The molecule has 2 aromatic carbocycles. The molecule has 2 heterocycles. The molecule has 0 radical (unpaired) electrons. The highest BCUT2D eigenvalue weighted by Gasteiger charge is 2.48. The molecular formula is C30H35N3O2. The predicted octanol–water partition coefficient (Wildman–Crippen LogP) is 5.57. The van der Waals surface area contributed by atoms with Crippen molar-refractivity contribution in [1.82, 2.24) is 14.8 Å². The lowest BCUT2D eigenvalue weighted by atomic mass is 9.86. The molecule has 5 nitrogen and oxygen atoms in total. The summed E-state index contributed by atoms with van der Waals surface area (Å²) < 4.78 is 2.03. The van der Waals surface area contributed by atoms with E-state index in [1.807, 2.05) is 66.1 Å². The van der Waals surface area contributed by atoms with Gasteiger partial charge in [-0.3, -0.25) is 9.59 Å². The van der Waals surface area contributed by atoms with Crippen molar-refractivity contribution >= 4 is 11.8 Å². The highest BCUT2D eigenvalue weighted by atomic mass is 16.2. The van der Waals surface area contributed by atoms with E-state index in [0.29, 0.717) is 24.7 Å². The van der Waals surface area contributed by atoms with Gasteiger partial charge in [-0.25, -0.2) is 0 Å². The Morgan fingerprint density at radius 1 is 0.943 bits per heavy atom. The standard InChI is InChI=1S/C30H35N3O2/c1-21-9-13-23(14-10-21)19-33-28(34)27-18-17-26(24-7-5-4-6-8-24)32(27)20-30(33,3)29(35)31-25-15-11-22(2)12-16-25/h4-10,13-14,17-18,22,25H,11-12,15-16,19-20H2,1-3H3,(H,31,35)/t22?,25?,30-/m0/s1. The van der Waals surface area contributed by atoms with Gasteiger partial charge in [0.05, 0.1) is 6.54 Å². The zero-order chi connectivity index (χ0) is 24.6. The molecule has 0 saturated heterocycles. The van der Waals surface area contributed by atoms with Crippen LogP contribution in [0.15, 0.2) is 66.7 Å². The van der Waals surface area contributed by atoms with E-state index >= 15 is 0 Å². The lowest BCUT2D eigenvalue weighted by molar-refractivity contribution is -0.134. The van der Waals surface area contributed by atoms with Crippen LogP contribution in [0.25, 0.3) is 11.3 Å². The van der Waals surface area contributed by atoms with Crippen molar-refractivity contribution in [2.24, 2.45) is 5.92 Å². The van der Waals surface area contributed by atoms with Crippen molar-refractivity contribution in [3.63, 3.8) is 0 Å². The second kappa shape index (κ2) is 9.37. The molecule has 182 valence electrons. The van der Waals surface area contributed by atoms with Crippen molar-refractivity contribution in [3.8, 4) is 11.3 Å². The third-order valence-corrected chi connectivity index (χ3v) is 7.88. The van der Waals surface area contributed by atoms with E-state index < -0.39 is 5.54 Å². The molecule has 1 aromatic heterocycles. The number of carbonyl (C=O) groups excluding carboxylic acids is 2. The van der Waals surface area contributed by atoms with Crippen molar-refractivity contribution < 1.29 is 9.59 Å². The van der Waals surface area contributed by atoms with Crippen molar-refractivity contribution in [2.75, 3.05) is 0 Å². The molecule has 2 aliphatic rings. The molecule has 1 fully saturated rings. The molecule has 1 atom stereocenters. The summed E-state index contributed by atoms with van der Waals surface area (Å²) in [5.41, 5.74) is 3.84. The molecule has 1 saturated carbocycles. The van der Waals surface area contributed by atoms with E-state index in [1.165, 1.54) is 5.56 Å². The van der Waals surface area contributed by atoms with Gasteiger partial charge in [-0.2, -0.15) is 0 Å². The lowest BCUT2D eigenvalue weighted by Crippen LogP contribution is -2.64. The number of amides is 2. The minimum absolute atomic E-state index is 0.0594. The Balaban J connectivity index is 1.51. The number of rotatable bonds is 5. The van der Waals surface area contributed by atoms with Crippen LogP contribution in [0.4, 0.5) is 0 Å². The molecule has 5 rings (SSSR count). The van der Waals surface area contributed by atoms with Crippen LogP contribution in [-0.2, 0) is 17.9 Å². The highest BCUT2D eigenvalue weighted by Crippen LogP contribution is 2.35. The van der Waals surface area contributed by atoms with E-state index in [2.05, 4.69) is 31.3 Å². The molecule has 0 unspecified atom stereocenters. The van der Waals surface area contributed by atoms with Gasteiger partial charge in [0, 0.05) is 18.3 Å². The quantitative estimate of drug-likeness (QED) is 0.531. The summed E-state index contributed by atoms with van der Waals surface area (Å²) in [6.45, 7) is 7.08. The molecule has 0 spiro atoms. The van der Waals surface area contributed by atoms with Gasteiger partial charge in [-0.1, -0.05) is 67.1 Å². The van der Waals surface area contributed by atoms with E-state index in [1.54, 1.807) is 4.90 Å². The number of hydrogen-bond donors (Lipinski definition) is 1. The Hall–Kier alpha value is -3.34. The molecule has 2 amide bonds. The molecule has 5 heteroatoms. The van der Waals surface area contributed by atoms with Crippen LogP contribution < -0.4 is 5.32 Å². The van der Waals surface area contributed by atoms with Crippen molar-refractivity contribution in [2.45, 2.75) is 71.1 Å². The first kappa shape index (κ1) is 23.4. The van der Waals surface area contributed by atoms with Crippen molar-refractivity contribution in [1.29, 1.82) is 0 Å². The Morgan fingerprint density at radius 3 is 2.29 bits per heavy atom. The van der Waals surface area contributed by atoms with E-state index in [0.717, 1.165) is 42.5 Å². The number of nitrogens with zero attached hydrogens (tertiary/aromatic N) is 2. The van der Waals surface area contributed by atoms with Crippen LogP contribution in [0.5, 0.6) is 0 Å². The molecule has 1 aliphatic heterocycles. The Kier molecular flexibility index (Phi) is 6.26. The second-order valence-electron chi connectivity index (χ2n) is 10.6. The number of aryl methyl sites for hydroxylation is 1. The Morgan fingerprint density at radius 2 is 1.60 bits per heavy atom. The topological polar surface area (TPSA) is 54.3 Å². The normalized spacial score (nSPS) is 24.2. The first-order chi connectivity index (χ1) is 16.8. The smallest absolute Gasteiger partial charge is 0.271 e. The predicted molar refractivity (Wildman–Crippen MR) is 139 cm³/mol. The largest absolute Gasteiger partial charge is 0.351 e. The summed E-state index contributed by atoms with van der Waals surface area (Å²) in [6.07, 6.45) is 4.26. The lowest BCUT2D eigenvalue weighted by Gasteiger charge is -2.45. The fourth-order valence-electron chi connectivity index (χ4n) is 5.50. The fraction of sp³-hybridized carbons (Fsp3) is 0.400. The summed E-state index contributed by atoms with van der Waals surface area (Å²) in [7, 11) is 0. The third kappa shape index (κ3) is 4.52. The van der Waals surface area contributed by atoms with Crippen LogP contribution in [0.1, 0.15) is 61.1 Å². The molecule has 3 aromatic rings. The van der Waals surface area contributed by atoms with Crippen LogP contribution in [0.3, 0.4) is 0 Å².